The molecule has 2 aromatic carbocycles. The number of nitriles is 1. The Hall–Kier alpha value is -2.99. The molecule has 7 nitrogen and oxygen atoms in total. The van der Waals surface area contributed by atoms with Crippen LogP contribution in [0.15, 0.2) is 53.4 Å². The van der Waals surface area contributed by atoms with Gasteiger partial charge in [-0.15, -0.1) is 0 Å². The smallest absolute Gasteiger partial charge is 0.238 e. The van der Waals surface area contributed by atoms with Gasteiger partial charge in [0, 0.05) is 11.1 Å². The predicted octanol–water partition coefficient (Wildman–Crippen LogP) is 2.19. The van der Waals surface area contributed by atoms with Crippen molar-refractivity contribution in [3.63, 3.8) is 0 Å². The number of primary sulfonamides is 1. The molecule has 0 fully saturated rings. The highest BCUT2D eigenvalue weighted by molar-refractivity contribution is 7.89. The van der Waals surface area contributed by atoms with E-state index in [-0.39, 0.29) is 18.0 Å². The quantitative estimate of drug-likeness (QED) is 0.700. The van der Waals surface area contributed by atoms with E-state index in [0.29, 0.717) is 22.5 Å². The van der Waals surface area contributed by atoms with E-state index in [1.54, 1.807) is 18.2 Å². The molecule has 3 aromatic rings. The Labute approximate surface area is 157 Å². The van der Waals surface area contributed by atoms with Crippen molar-refractivity contribution in [1.82, 2.24) is 9.78 Å². The second kappa shape index (κ2) is 7.32. The summed E-state index contributed by atoms with van der Waals surface area (Å²) in [5.74, 6) is 0. The van der Waals surface area contributed by atoms with Crippen LogP contribution in [0.25, 0.3) is 22.4 Å². The Kier molecular flexibility index (Phi) is 5.10. The second-order valence-corrected chi connectivity index (χ2v) is 7.58. The third-order valence-electron chi connectivity index (χ3n) is 4.22. The first kappa shape index (κ1) is 18.8. The van der Waals surface area contributed by atoms with Crippen molar-refractivity contribution < 1.29 is 13.5 Å². The van der Waals surface area contributed by atoms with E-state index in [1.165, 1.54) is 10.7 Å². The summed E-state index contributed by atoms with van der Waals surface area (Å²) in [7, 11) is -3.99. The number of benzene rings is 2. The van der Waals surface area contributed by atoms with Crippen LogP contribution < -0.4 is 5.14 Å². The summed E-state index contributed by atoms with van der Waals surface area (Å²) in [4.78, 5) is -0.0653. The third-order valence-corrected chi connectivity index (χ3v) is 5.19. The molecule has 0 spiro atoms. The zero-order valence-corrected chi connectivity index (χ0v) is 15.4. The maximum Gasteiger partial charge on any atom is 0.238 e. The second-order valence-electron chi connectivity index (χ2n) is 6.05. The molecule has 0 aliphatic carbocycles. The molecule has 0 radical (unpaired) electrons. The third kappa shape index (κ3) is 3.61. The lowest BCUT2D eigenvalue weighted by Gasteiger charge is -2.09. The molecule has 0 amide bonds. The first-order chi connectivity index (χ1) is 12.9. The molecular formula is C19H18N4O3S. The lowest BCUT2D eigenvalue weighted by Crippen LogP contribution is -2.13. The van der Waals surface area contributed by atoms with Gasteiger partial charge >= 0.3 is 0 Å². The summed E-state index contributed by atoms with van der Waals surface area (Å²) < 4.78 is 25.5. The van der Waals surface area contributed by atoms with Crippen molar-refractivity contribution in [1.29, 1.82) is 5.26 Å². The first-order valence-electron chi connectivity index (χ1n) is 8.13. The average Bonchev–Trinajstić information content (AvgIpc) is 3.00. The lowest BCUT2D eigenvalue weighted by atomic mass is 9.98. The summed E-state index contributed by atoms with van der Waals surface area (Å²) >= 11 is 0. The van der Waals surface area contributed by atoms with Crippen LogP contribution in [0.5, 0.6) is 0 Å². The average molecular weight is 382 g/mol. The standard InChI is InChI=1S/C19H18N4O3S/c1-13-6-8-14(9-7-13)18-16(12-24)23(11-10-20)22-19(18)15-4-2-3-5-17(15)27(21,25)26/h2-9,24H,11-12H2,1H3,(H2,21,25,26). The number of nitrogens with two attached hydrogens (primary N) is 1. The van der Waals surface area contributed by atoms with Crippen LogP contribution >= 0.6 is 0 Å². The maximum atomic E-state index is 12.0. The Balaban J connectivity index is 2.38. The molecule has 0 aliphatic rings. The summed E-state index contributed by atoms with van der Waals surface area (Å²) in [5, 5.41) is 28.8. The summed E-state index contributed by atoms with van der Waals surface area (Å²) in [6, 6.07) is 15.8. The summed E-state index contributed by atoms with van der Waals surface area (Å²) in [6.07, 6.45) is 0. The van der Waals surface area contributed by atoms with Gasteiger partial charge in [0.2, 0.25) is 10.0 Å². The number of rotatable bonds is 5. The van der Waals surface area contributed by atoms with E-state index in [2.05, 4.69) is 5.10 Å². The minimum Gasteiger partial charge on any atom is -0.390 e. The van der Waals surface area contributed by atoms with Crippen LogP contribution in [0, 0.1) is 18.3 Å². The highest BCUT2D eigenvalue weighted by Gasteiger charge is 2.24. The Morgan fingerprint density at radius 2 is 1.85 bits per heavy atom. The van der Waals surface area contributed by atoms with Crippen molar-refractivity contribution in [2.75, 3.05) is 0 Å². The van der Waals surface area contributed by atoms with Crippen molar-refractivity contribution in [3.05, 3.63) is 59.8 Å². The molecule has 8 heteroatoms. The molecule has 0 saturated carbocycles. The molecule has 0 aliphatic heterocycles. The molecule has 0 atom stereocenters. The Bertz CT molecular complexity index is 1130. The molecule has 3 N–H and O–H groups in total. The van der Waals surface area contributed by atoms with Crippen LogP contribution in [0.2, 0.25) is 0 Å². The zero-order valence-electron chi connectivity index (χ0n) is 14.6. The van der Waals surface area contributed by atoms with E-state index < -0.39 is 10.0 Å². The first-order valence-corrected chi connectivity index (χ1v) is 9.68. The van der Waals surface area contributed by atoms with Crippen LogP contribution in [0.1, 0.15) is 11.3 Å². The van der Waals surface area contributed by atoms with Crippen molar-refractivity contribution in [2.24, 2.45) is 5.14 Å². The van der Waals surface area contributed by atoms with Gasteiger partial charge < -0.3 is 5.11 Å². The lowest BCUT2D eigenvalue weighted by molar-refractivity contribution is 0.270. The van der Waals surface area contributed by atoms with Crippen molar-refractivity contribution in [2.45, 2.75) is 25.0 Å². The molecule has 138 valence electrons. The number of aliphatic hydroxyl groups excluding tert-OH is 1. The van der Waals surface area contributed by atoms with Gasteiger partial charge in [0.05, 0.1) is 23.3 Å². The number of sulfonamides is 1. The molecule has 0 saturated heterocycles. The van der Waals surface area contributed by atoms with Crippen molar-refractivity contribution >= 4 is 10.0 Å². The zero-order chi connectivity index (χ0) is 19.6. The van der Waals surface area contributed by atoms with E-state index in [4.69, 9.17) is 10.4 Å². The van der Waals surface area contributed by atoms with E-state index >= 15 is 0 Å². The molecule has 1 heterocycles. The van der Waals surface area contributed by atoms with Crippen LogP contribution in [0.3, 0.4) is 0 Å². The minimum atomic E-state index is -3.99. The fourth-order valence-corrected chi connectivity index (χ4v) is 3.72. The molecule has 1 aromatic heterocycles. The maximum absolute atomic E-state index is 12.0. The van der Waals surface area contributed by atoms with E-state index in [9.17, 15) is 13.5 Å². The highest BCUT2D eigenvalue weighted by atomic mass is 32.2. The van der Waals surface area contributed by atoms with Crippen molar-refractivity contribution in [3.8, 4) is 28.5 Å². The van der Waals surface area contributed by atoms with Gasteiger partial charge in [-0.2, -0.15) is 10.4 Å². The normalized spacial score (nSPS) is 11.3. The number of nitrogens with zero attached hydrogens (tertiary/aromatic N) is 3. The number of aliphatic hydroxyl groups is 1. The Morgan fingerprint density at radius 1 is 1.19 bits per heavy atom. The van der Waals surface area contributed by atoms with Gasteiger partial charge in [0.1, 0.15) is 12.2 Å². The van der Waals surface area contributed by atoms with Crippen LogP contribution in [0.4, 0.5) is 0 Å². The van der Waals surface area contributed by atoms with Gasteiger partial charge in [-0.05, 0) is 18.6 Å². The fraction of sp³-hybridized carbons (Fsp3) is 0.158. The Morgan fingerprint density at radius 3 is 2.44 bits per heavy atom. The SMILES string of the molecule is Cc1ccc(-c2c(-c3ccccc3S(N)(=O)=O)nn(CC#N)c2CO)cc1. The largest absolute Gasteiger partial charge is 0.390 e. The van der Waals surface area contributed by atoms with Gasteiger partial charge in [0.25, 0.3) is 0 Å². The topological polar surface area (TPSA) is 122 Å². The van der Waals surface area contributed by atoms with Gasteiger partial charge in [-0.3, -0.25) is 4.68 Å². The number of hydrogen-bond acceptors (Lipinski definition) is 5. The predicted molar refractivity (Wildman–Crippen MR) is 101 cm³/mol. The van der Waals surface area contributed by atoms with Gasteiger partial charge in [-0.25, -0.2) is 13.6 Å². The monoisotopic (exact) mass is 382 g/mol. The molecule has 3 rings (SSSR count). The van der Waals surface area contributed by atoms with E-state index in [1.807, 2.05) is 37.3 Å². The number of aromatic nitrogens is 2. The van der Waals surface area contributed by atoms with Crippen LogP contribution in [-0.2, 0) is 23.2 Å². The fourth-order valence-electron chi connectivity index (χ4n) is 2.98. The number of hydrogen-bond donors (Lipinski definition) is 2. The minimum absolute atomic E-state index is 0.0653. The summed E-state index contributed by atoms with van der Waals surface area (Å²) in [5.41, 5.74) is 3.49. The molecule has 0 unspecified atom stereocenters. The number of aryl methyl sites for hydroxylation is 1. The molecule has 0 bridgehead atoms. The molecule has 27 heavy (non-hydrogen) atoms. The molecular weight excluding hydrogens is 364 g/mol. The van der Waals surface area contributed by atoms with Gasteiger partial charge in [-0.1, -0.05) is 48.0 Å². The highest BCUT2D eigenvalue weighted by Crippen LogP contribution is 2.37. The van der Waals surface area contributed by atoms with Crippen LogP contribution in [-0.4, -0.2) is 23.3 Å². The summed E-state index contributed by atoms with van der Waals surface area (Å²) in [6.45, 7) is 1.52. The van der Waals surface area contributed by atoms with Gasteiger partial charge in [0.15, 0.2) is 0 Å². The van der Waals surface area contributed by atoms with E-state index in [0.717, 1.165) is 11.1 Å².